The monoisotopic (exact) mass is 371 g/mol. The van der Waals surface area contributed by atoms with Gasteiger partial charge in [0.15, 0.2) is 0 Å². The Hall–Kier alpha value is -1.34. The molecular weight excluding hydrogens is 357 g/mol. The molecule has 1 aromatic heterocycles. The van der Waals surface area contributed by atoms with E-state index in [1.165, 1.54) is 6.26 Å². The van der Waals surface area contributed by atoms with Crippen molar-refractivity contribution in [1.82, 2.24) is 5.32 Å². The van der Waals surface area contributed by atoms with Gasteiger partial charge in [-0.1, -0.05) is 12.1 Å². The van der Waals surface area contributed by atoms with E-state index in [9.17, 15) is 9.90 Å². The number of hydrogen-bond acceptors (Lipinski definition) is 3. The molecule has 2 N–H and O–H groups in total. The molecule has 0 spiro atoms. The summed E-state index contributed by atoms with van der Waals surface area (Å²) in [7, 11) is 0. The molecule has 0 bridgehead atoms. The number of furan rings is 1. The fourth-order valence-corrected chi connectivity index (χ4v) is 2.29. The van der Waals surface area contributed by atoms with Crippen molar-refractivity contribution in [3.05, 3.63) is 57.1 Å². The zero-order valence-corrected chi connectivity index (χ0v) is 12.5. The number of hydrogen-bond donors (Lipinski definition) is 2. The van der Waals surface area contributed by atoms with E-state index in [0.29, 0.717) is 11.3 Å². The van der Waals surface area contributed by atoms with E-state index in [1.54, 1.807) is 18.2 Å². The highest BCUT2D eigenvalue weighted by atomic mass is 127. The van der Waals surface area contributed by atoms with Crippen molar-refractivity contribution < 1.29 is 14.3 Å². The summed E-state index contributed by atoms with van der Waals surface area (Å²) in [6.45, 7) is 2.08. The average Bonchev–Trinajstić information content (AvgIpc) is 2.93. The number of aliphatic hydroxyl groups excluding tert-OH is 1. The molecule has 0 radical (unpaired) electrons. The summed E-state index contributed by atoms with van der Waals surface area (Å²) in [5, 5.41) is 12.5. The number of carbonyl (C=O) groups is 1. The van der Waals surface area contributed by atoms with Gasteiger partial charge in [0.25, 0.3) is 5.91 Å². The minimum atomic E-state index is -0.832. The molecule has 0 saturated carbocycles. The Morgan fingerprint density at radius 1 is 1.42 bits per heavy atom. The van der Waals surface area contributed by atoms with Gasteiger partial charge in [0.05, 0.1) is 18.4 Å². The van der Waals surface area contributed by atoms with Crippen LogP contribution in [-0.4, -0.2) is 17.6 Å². The summed E-state index contributed by atoms with van der Waals surface area (Å²) < 4.78 is 5.99. The van der Waals surface area contributed by atoms with E-state index in [4.69, 9.17) is 4.42 Å². The van der Waals surface area contributed by atoms with Gasteiger partial charge in [0.1, 0.15) is 11.9 Å². The third-order valence-electron chi connectivity index (χ3n) is 2.76. The largest absolute Gasteiger partial charge is 0.467 e. The zero-order valence-electron chi connectivity index (χ0n) is 10.4. The number of aliphatic hydroxyl groups is 1. The molecule has 1 atom stereocenters. The lowest BCUT2D eigenvalue weighted by molar-refractivity contribution is 0.0900. The fraction of sp³-hybridized carbons (Fsp3) is 0.214. The van der Waals surface area contributed by atoms with Crippen LogP contribution in [0.1, 0.15) is 27.8 Å². The molecule has 0 saturated heterocycles. The first-order valence-electron chi connectivity index (χ1n) is 5.84. The van der Waals surface area contributed by atoms with Crippen LogP contribution in [0.15, 0.2) is 41.0 Å². The van der Waals surface area contributed by atoms with Crippen LogP contribution < -0.4 is 5.32 Å². The number of amides is 1. The highest BCUT2D eigenvalue weighted by molar-refractivity contribution is 14.1. The first-order chi connectivity index (χ1) is 9.09. The van der Waals surface area contributed by atoms with Crippen LogP contribution in [0.2, 0.25) is 0 Å². The normalized spacial score (nSPS) is 12.2. The molecular formula is C14H14INO3. The number of nitrogens with one attached hydrogen (secondary N) is 1. The second-order valence-electron chi connectivity index (χ2n) is 4.18. The van der Waals surface area contributed by atoms with Crippen LogP contribution in [0.3, 0.4) is 0 Å². The standard InChI is InChI=1S/C14H14INO3/c1-9-4-2-5-10(13(9)15)14(18)16-8-11(17)12-6-3-7-19-12/h2-7,11,17H,8H2,1H3,(H,16,18). The van der Waals surface area contributed by atoms with Gasteiger partial charge in [-0.05, 0) is 53.3 Å². The Morgan fingerprint density at radius 2 is 2.21 bits per heavy atom. The summed E-state index contributed by atoms with van der Waals surface area (Å²) in [6, 6.07) is 8.94. The van der Waals surface area contributed by atoms with Crippen LogP contribution >= 0.6 is 22.6 Å². The van der Waals surface area contributed by atoms with E-state index in [1.807, 2.05) is 19.1 Å². The Morgan fingerprint density at radius 3 is 2.89 bits per heavy atom. The summed E-state index contributed by atoms with van der Waals surface area (Å²) in [5.74, 6) is 0.248. The highest BCUT2D eigenvalue weighted by Gasteiger charge is 2.15. The van der Waals surface area contributed by atoms with Crippen LogP contribution in [0.4, 0.5) is 0 Å². The van der Waals surface area contributed by atoms with Gasteiger partial charge in [-0.25, -0.2) is 0 Å². The lowest BCUT2D eigenvalue weighted by atomic mass is 10.1. The number of carbonyl (C=O) groups excluding carboxylic acids is 1. The first-order valence-corrected chi connectivity index (χ1v) is 6.92. The summed E-state index contributed by atoms with van der Waals surface area (Å²) in [5.41, 5.74) is 1.67. The van der Waals surface area contributed by atoms with Gasteiger partial charge in [-0.2, -0.15) is 0 Å². The number of benzene rings is 1. The maximum Gasteiger partial charge on any atom is 0.252 e. The maximum atomic E-state index is 12.0. The molecule has 0 aliphatic rings. The molecule has 0 aliphatic heterocycles. The molecule has 5 heteroatoms. The van der Waals surface area contributed by atoms with E-state index in [-0.39, 0.29) is 12.5 Å². The molecule has 2 rings (SSSR count). The predicted octanol–water partition coefficient (Wildman–Crippen LogP) is 2.66. The molecule has 1 unspecified atom stereocenters. The van der Waals surface area contributed by atoms with Crippen molar-refractivity contribution in [3.8, 4) is 0 Å². The molecule has 4 nitrogen and oxygen atoms in total. The van der Waals surface area contributed by atoms with E-state index in [2.05, 4.69) is 27.9 Å². The second-order valence-corrected chi connectivity index (χ2v) is 5.26. The van der Waals surface area contributed by atoms with Crippen molar-refractivity contribution >= 4 is 28.5 Å². The van der Waals surface area contributed by atoms with Crippen molar-refractivity contribution in [1.29, 1.82) is 0 Å². The van der Waals surface area contributed by atoms with Gasteiger partial charge in [-0.15, -0.1) is 0 Å². The fourth-order valence-electron chi connectivity index (χ4n) is 1.69. The SMILES string of the molecule is Cc1cccc(C(=O)NCC(O)c2ccco2)c1I. The van der Waals surface area contributed by atoms with Crippen molar-refractivity contribution in [2.24, 2.45) is 0 Å². The third kappa shape index (κ3) is 3.36. The Labute approximate surface area is 125 Å². The topological polar surface area (TPSA) is 62.5 Å². The Balaban J connectivity index is 2.00. The molecule has 0 aliphatic carbocycles. The van der Waals surface area contributed by atoms with Gasteiger partial charge >= 0.3 is 0 Å². The summed E-state index contributed by atoms with van der Waals surface area (Å²) in [6.07, 6.45) is 0.658. The van der Waals surface area contributed by atoms with E-state index >= 15 is 0 Å². The quantitative estimate of drug-likeness (QED) is 0.813. The molecule has 0 fully saturated rings. The lowest BCUT2D eigenvalue weighted by Crippen LogP contribution is -2.29. The van der Waals surface area contributed by atoms with Gasteiger partial charge in [0, 0.05) is 3.57 Å². The van der Waals surface area contributed by atoms with E-state index < -0.39 is 6.10 Å². The smallest absolute Gasteiger partial charge is 0.252 e. The van der Waals surface area contributed by atoms with Crippen LogP contribution in [0.5, 0.6) is 0 Å². The number of aryl methyl sites for hydroxylation is 1. The maximum absolute atomic E-state index is 12.0. The summed E-state index contributed by atoms with van der Waals surface area (Å²) >= 11 is 2.15. The number of halogens is 1. The van der Waals surface area contributed by atoms with Crippen LogP contribution in [0, 0.1) is 10.5 Å². The number of rotatable bonds is 4. The minimum Gasteiger partial charge on any atom is -0.467 e. The van der Waals surface area contributed by atoms with Crippen LogP contribution in [-0.2, 0) is 0 Å². The van der Waals surface area contributed by atoms with Gasteiger partial charge in [0.2, 0.25) is 0 Å². The Kier molecular flexibility index (Phi) is 4.60. The zero-order chi connectivity index (χ0) is 13.8. The molecule has 2 aromatic rings. The first kappa shape index (κ1) is 14.1. The average molecular weight is 371 g/mol. The van der Waals surface area contributed by atoms with Crippen molar-refractivity contribution in [2.75, 3.05) is 6.54 Å². The third-order valence-corrected chi connectivity index (χ3v) is 4.20. The van der Waals surface area contributed by atoms with Crippen molar-refractivity contribution in [2.45, 2.75) is 13.0 Å². The molecule has 1 amide bonds. The van der Waals surface area contributed by atoms with Gasteiger partial charge < -0.3 is 14.8 Å². The van der Waals surface area contributed by atoms with E-state index in [0.717, 1.165) is 9.13 Å². The molecule has 1 heterocycles. The Bertz CT molecular complexity index is 566. The molecule has 19 heavy (non-hydrogen) atoms. The summed E-state index contributed by atoms with van der Waals surface area (Å²) in [4.78, 5) is 12.0. The molecule has 100 valence electrons. The van der Waals surface area contributed by atoms with Gasteiger partial charge in [-0.3, -0.25) is 4.79 Å². The van der Waals surface area contributed by atoms with Crippen LogP contribution in [0.25, 0.3) is 0 Å². The molecule has 1 aromatic carbocycles. The minimum absolute atomic E-state index is 0.121. The second kappa shape index (κ2) is 6.21. The van der Waals surface area contributed by atoms with Crippen molar-refractivity contribution in [3.63, 3.8) is 0 Å². The lowest BCUT2D eigenvalue weighted by Gasteiger charge is -2.11. The highest BCUT2D eigenvalue weighted by Crippen LogP contribution is 2.17. The predicted molar refractivity (Wildman–Crippen MR) is 79.9 cm³/mol.